The van der Waals surface area contributed by atoms with Crippen LogP contribution in [0.5, 0.6) is 0 Å². The van der Waals surface area contributed by atoms with Crippen molar-refractivity contribution in [2.45, 2.75) is 78.6 Å². The Labute approximate surface area is 204 Å². The van der Waals surface area contributed by atoms with E-state index in [-0.39, 0.29) is 16.7 Å². The highest BCUT2D eigenvalue weighted by atomic mass is 32.2. The van der Waals surface area contributed by atoms with Crippen LogP contribution in [-0.2, 0) is 15.8 Å². The van der Waals surface area contributed by atoms with E-state index in [9.17, 15) is 14.1 Å². The van der Waals surface area contributed by atoms with Crippen LogP contribution in [-0.4, -0.2) is 69.9 Å². The first-order valence-electron chi connectivity index (χ1n) is 13.7. The Hall–Kier alpha value is -0.300. The SMILES string of the molecule is CCCC1(CO)C(CC)CCC2C3CCC(C(=O)CN4CCN(S(C)=O)CC4)C3(C)CCC21. The van der Waals surface area contributed by atoms with E-state index in [0.717, 1.165) is 51.9 Å². The molecule has 1 aliphatic heterocycles. The number of nitrogens with zero attached hydrogens (tertiary/aromatic N) is 2. The minimum atomic E-state index is -0.907. The smallest absolute Gasteiger partial charge is 0.150 e. The second-order valence-electron chi connectivity index (χ2n) is 12.0. The third-order valence-electron chi connectivity index (χ3n) is 10.8. The van der Waals surface area contributed by atoms with E-state index in [1.54, 1.807) is 6.26 Å². The van der Waals surface area contributed by atoms with Crippen LogP contribution in [0.1, 0.15) is 78.6 Å². The first kappa shape index (κ1) is 25.8. The molecule has 1 N–H and O–H groups in total. The average Bonchev–Trinajstić information content (AvgIpc) is 3.17. The topological polar surface area (TPSA) is 60.9 Å². The minimum absolute atomic E-state index is 0.106. The molecule has 8 atom stereocenters. The van der Waals surface area contributed by atoms with Gasteiger partial charge < -0.3 is 5.11 Å². The molecule has 4 rings (SSSR count). The minimum Gasteiger partial charge on any atom is -0.396 e. The van der Waals surface area contributed by atoms with Gasteiger partial charge in [-0.1, -0.05) is 33.6 Å². The molecule has 0 bridgehead atoms. The fraction of sp³-hybridized carbons (Fsp3) is 0.963. The summed E-state index contributed by atoms with van der Waals surface area (Å²) in [7, 11) is -0.907. The quantitative estimate of drug-likeness (QED) is 0.568. The number of carbonyl (C=O) groups is 1. The third kappa shape index (κ3) is 4.51. The number of aliphatic hydroxyl groups excluding tert-OH is 1. The molecule has 3 aliphatic carbocycles. The third-order valence-corrected chi connectivity index (χ3v) is 11.9. The Morgan fingerprint density at radius 1 is 1.03 bits per heavy atom. The van der Waals surface area contributed by atoms with Crippen LogP contribution in [0.3, 0.4) is 0 Å². The summed E-state index contributed by atoms with van der Waals surface area (Å²) in [5, 5.41) is 10.7. The molecule has 4 fully saturated rings. The molecule has 8 unspecified atom stereocenters. The summed E-state index contributed by atoms with van der Waals surface area (Å²) in [5.74, 6) is 3.27. The molecule has 0 aromatic rings. The van der Waals surface area contributed by atoms with Crippen molar-refractivity contribution in [2.75, 3.05) is 45.6 Å². The maximum absolute atomic E-state index is 13.6. The summed E-state index contributed by atoms with van der Waals surface area (Å²) in [6.45, 7) is 11.2. The first-order chi connectivity index (χ1) is 15.8. The zero-order valence-corrected chi connectivity index (χ0v) is 22.4. The molecule has 6 heteroatoms. The molecule has 190 valence electrons. The Balaban J connectivity index is 1.45. The Morgan fingerprint density at radius 2 is 1.76 bits per heavy atom. The summed E-state index contributed by atoms with van der Waals surface area (Å²) in [5.41, 5.74) is 0.242. The van der Waals surface area contributed by atoms with Gasteiger partial charge >= 0.3 is 0 Å². The maximum Gasteiger partial charge on any atom is 0.150 e. The van der Waals surface area contributed by atoms with Crippen LogP contribution >= 0.6 is 0 Å². The summed E-state index contributed by atoms with van der Waals surface area (Å²) in [6.07, 6.45) is 12.4. The summed E-state index contributed by atoms with van der Waals surface area (Å²) < 4.78 is 13.7. The van der Waals surface area contributed by atoms with Gasteiger partial charge in [-0.2, -0.15) is 0 Å². The van der Waals surface area contributed by atoms with Crippen molar-refractivity contribution in [1.29, 1.82) is 0 Å². The van der Waals surface area contributed by atoms with Gasteiger partial charge in [0.15, 0.2) is 0 Å². The molecular weight excluding hydrogens is 432 g/mol. The van der Waals surface area contributed by atoms with Gasteiger partial charge in [0.2, 0.25) is 0 Å². The Kier molecular flexibility index (Phi) is 8.09. The molecule has 0 aromatic carbocycles. The maximum atomic E-state index is 13.6. The van der Waals surface area contributed by atoms with Crippen molar-refractivity contribution < 1.29 is 14.1 Å². The van der Waals surface area contributed by atoms with Crippen molar-refractivity contribution in [2.24, 2.45) is 40.4 Å². The van der Waals surface area contributed by atoms with Crippen LogP contribution in [0.25, 0.3) is 0 Å². The second kappa shape index (κ2) is 10.4. The summed E-state index contributed by atoms with van der Waals surface area (Å²) in [4.78, 5) is 15.9. The van der Waals surface area contributed by atoms with E-state index < -0.39 is 11.0 Å². The highest BCUT2D eigenvalue weighted by Gasteiger charge is 2.61. The van der Waals surface area contributed by atoms with Gasteiger partial charge in [-0.3, -0.25) is 9.69 Å². The van der Waals surface area contributed by atoms with E-state index in [1.165, 1.54) is 32.1 Å². The second-order valence-corrected chi connectivity index (χ2v) is 13.3. The van der Waals surface area contributed by atoms with E-state index >= 15 is 0 Å². The van der Waals surface area contributed by atoms with Crippen molar-refractivity contribution in [3.63, 3.8) is 0 Å². The highest BCUT2D eigenvalue weighted by molar-refractivity contribution is 7.81. The fourth-order valence-corrected chi connectivity index (χ4v) is 9.86. The standard InChI is InChI=1S/C27H48N2O3S/c1-5-12-27(19-30)20(6-2)7-8-21-22-9-10-24(26(22,3)13-11-23(21)27)25(31)18-28-14-16-29(17-15-28)33(4)32/h20-24,30H,5-19H2,1-4H3. The number of hydrogen-bond donors (Lipinski definition) is 1. The van der Waals surface area contributed by atoms with Crippen LogP contribution in [0.15, 0.2) is 0 Å². The number of aliphatic hydroxyl groups is 1. The largest absolute Gasteiger partial charge is 0.396 e. The zero-order valence-electron chi connectivity index (χ0n) is 21.6. The van der Waals surface area contributed by atoms with Crippen molar-refractivity contribution >= 4 is 16.8 Å². The first-order valence-corrected chi connectivity index (χ1v) is 15.3. The summed E-state index contributed by atoms with van der Waals surface area (Å²) >= 11 is 0. The number of piperazine rings is 1. The molecule has 4 aliphatic rings. The molecule has 33 heavy (non-hydrogen) atoms. The number of Topliss-reactive ketones (excluding diaryl/α,β-unsaturated/α-hetero) is 1. The van der Waals surface area contributed by atoms with Gasteiger partial charge in [0.25, 0.3) is 0 Å². The van der Waals surface area contributed by atoms with E-state index in [2.05, 4.69) is 25.7 Å². The lowest BCUT2D eigenvalue weighted by atomic mass is 9.45. The number of hydrogen-bond acceptors (Lipinski definition) is 4. The zero-order chi connectivity index (χ0) is 23.8. The predicted molar refractivity (Wildman–Crippen MR) is 135 cm³/mol. The fourth-order valence-electron chi connectivity index (χ4n) is 9.18. The lowest BCUT2D eigenvalue weighted by molar-refractivity contribution is -0.142. The number of ketones is 1. The number of fused-ring (bicyclic) bond motifs is 3. The van der Waals surface area contributed by atoms with Crippen LogP contribution < -0.4 is 0 Å². The Morgan fingerprint density at radius 3 is 2.36 bits per heavy atom. The number of carbonyl (C=O) groups excluding carboxylic acids is 1. The molecule has 3 saturated carbocycles. The van der Waals surface area contributed by atoms with Gasteiger partial charge in [0.05, 0.1) is 17.5 Å². The van der Waals surface area contributed by atoms with Gasteiger partial charge in [-0.15, -0.1) is 0 Å². The monoisotopic (exact) mass is 480 g/mol. The molecule has 0 spiro atoms. The average molecular weight is 481 g/mol. The highest BCUT2D eigenvalue weighted by Crippen LogP contribution is 2.66. The van der Waals surface area contributed by atoms with Crippen LogP contribution in [0, 0.1) is 40.4 Å². The number of rotatable bonds is 8. The van der Waals surface area contributed by atoms with Crippen molar-refractivity contribution in [3.05, 3.63) is 0 Å². The summed E-state index contributed by atoms with van der Waals surface area (Å²) in [6, 6.07) is 0. The van der Waals surface area contributed by atoms with Gasteiger partial charge in [0, 0.05) is 45.0 Å². The van der Waals surface area contributed by atoms with Gasteiger partial charge in [0.1, 0.15) is 5.78 Å². The molecule has 1 saturated heterocycles. The molecule has 0 amide bonds. The molecular formula is C27H48N2O3S. The molecule has 1 heterocycles. The lowest BCUT2D eigenvalue weighted by Gasteiger charge is -2.59. The van der Waals surface area contributed by atoms with Crippen LogP contribution in [0.2, 0.25) is 0 Å². The van der Waals surface area contributed by atoms with E-state index in [1.807, 2.05) is 4.31 Å². The predicted octanol–water partition coefficient (Wildman–Crippen LogP) is 4.12. The molecule has 0 aromatic heterocycles. The molecule has 5 nitrogen and oxygen atoms in total. The van der Waals surface area contributed by atoms with Crippen molar-refractivity contribution in [3.8, 4) is 0 Å². The lowest BCUT2D eigenvalue weighted by Crippen LogP contribution is -2.55. The van der Waals surface area contributed by atoms with E-state index in [0.29, 0.717) is 42.6 Å². The normalized spacial score (nSPS) is 43.1. The van der Waals surface area contributed by atoms with Crippen molar-refractivity contribution in [1.82, 2.24) is 9.21 Å². The molecule has 0 radical (unpaired) electrons. The van der Waals surface area contributed by atoms with Crippen LogP contribution in [0.4, 0.5) is 0 Å². The van der Waals surface area contributed by atoms with E-state index in [4.69, 9.17) is 0 Å². The Bertz CT molecular complexity index is 724. The van der Waals surface area contributed by atoms with Gasteiger partial charge in [-0.25, -0.2) is 8.51 Å². The van der Waals surface area contributed by atoms with Gasteiger partial charge in [-0.05, 0) is 79.4 Å².